The minimum Gasteiger partial charge on any atom is -0.324 e. The molecular weight excluding hydrogens is 284 g/mol. The zero-order chi connectivity index (χ0) is 15.6. The molecule has 21 heavy (non-hydrogen) atoms. The van der Waals surface area contributed by atoms with Crippen LogP contribution in [-0.2, 0) is 10.0 Å². The van der Waals surface area contributed by atoms with Crippen molar-refractivity contribution in [3.63, 3.8) is 0 Å². The van der Waals surface area contributed by atoms with E-state index in [9.17, 15) is 8.42 Å². The van der Waals surface area contributed by atoms with Crippen molar-refractivity contribution in [1.29, 1.82) is 0 Å². The third kappa shape index (κ3) is 3.43. The molecule has 0 aliphatic carbocycles. The Labute approximate surface area is 126 Å². The van der Waals surface area contributed by atoms with Crippen molar-refractivity contribution in [3.05, 3.63) is 59.2 Å². The molecule has 0 saturated heterocycles. The Hall–Kier alpha value is -1.85. The molecule has 0 radical (unpaired) electrons. The van der Waals surface area contributed by atoms with Gasteiger partial charge in [-0.25, -0.2) is 8.42 Å². The molecule has 0 aliphatic rings. The molecule has 112 valence electrons. The Balaban J connectivity index is 2.32. The molecule has 0 aromatic heterocycles. The van der Waals surface area contributed by atoms with E-state index >= 15 is 0 Å². The van der Waals surface area contributed by atoms with Crippen LogP contribution >= 0.6 is 0 Å². The van der Waals surface area contributed by atoms with Crippen LogP contribution in [0, 0.1) is 13.8 Å². The first-order valence-electron chi connectivity index (χ1n) is 6.76. The fourth-order valence-corrected chi connectivity index (χ4v) is 3.14. The Morgan fingerprint density at radius 2 is 1.67 bits per heavy atom. The molecule has 2 aromatic rings. The number of benzene rings is 2. The molecule has 0 amide bonds. The van der Waals surface area contributed by atoms with Gasteiger partial charge in [0.25, 0.3) is 10.0 Å². The summed E-state index contributed by atoms with van der Waals surface area (Å²) in [6.45, 7) is 5.70. The first-order chi connectivity index (χ1) is 9.81. The van der Waals surface area contributed by atoms with Gasteiger partial charge in [0, 0.05) is 6.04 Å². The lowest BCUT2D eigenvalue weighted by Gasteiger charge is -2.13. The van der Waals surface area contributed by atoms with E-state index in [1.165, 1.54) is 0 Å². The number of nitrogens with one attached hydrogen (secondary N) is 1. The highest BCUT2D eigenvalue weighted by molar-refractivity contribution is 7.92. The van der Waals surface area contributed by atoms with E-state index in [-0.39, 0.29) is 10.9 Å². The fraction of sp³-hybridized carbons (Fsp3) is 0.250. The molecule has 0 bridgehead atoms. The number of sulfonamides is 1. The van der Waals surface area contributed by atoms with Crippen molar-refractivity contribution in [2.24, 2.45) is 5.73 Å². The maximum atomic E-state index is 12.4. The minimum atomic E-state index is -3.59. The summed E-state index contributed by atoms with van der Waals surface area (Å²) < 4.78 is 27.4. The van der Waals surface area contributed by atoms with E-state index in [0.29, 0.717) is 5.69 Å². The molecule has 0 heterocycles. The van der Waals surface area contributed by atoms with Gasteiger partial charge in [0.15, 0.2) is 0 Å². The summed E-state index contributed by atoms with van der Waals surface area (Å²) in [7, 11) is -3.59. The lowest BCUT2D eigenvalue weighted by Crippen LogP contribution is -2.14. The van der Waals surface area contributed by atoms with Crippen molar-refractivity contribution in [2.45, 2.75) is 31.7 Å². The standard InChI is InChI=1S/C16H20N2O2S/c1-11-5-4-6-16(12(11)2)18-21(19,20)15-9-7-14(8-10-15)13(3)17/h4-10,13,18H,17H2,1-3H3. The average Bonchev–Trinajstić information content (AvgIpc) is 2.44. The Morgan fingerprint density at radius 1 is 1.05 bits per heavy atom. The molecule has 4 nitrogen and oxygen atoms in total. The van der Waals surface area contributed by atoms with Crippen LogP contribution in [-0.4, -0.2) is 8.42 Å². The summed E-state index contributed by atoms with van der Waals surface area (Å²) in [6, 6.07) is 12.1. The lowest BCUT2D eigenvalue weighted by atomic mass is 10.1. The Bertz CT molecular complexity index is 735. The fourth-order valence-electron chi connectivity index (χ4n) is 2.02. The number of rotatable bonds is 4. The van der Waals surface area contributed by atoms with Gasteiger partial charge in [-0.3, -0.25) is 4.72 Å². The van der Waals surface area contributed by atoms with Crippen LogP contribution in [0.2, 0.25) is 0 Å². The van der Waals surface area contributed by atoms with E-state index in [2.05, 4.69) is 4.72 Å². The van der Waals surface area contributed by atoms with Gasteiger partial charge in [0.05, 0.1) is 10.6 Å². The molecule has 2 rings (SSSR count). The van der Waals surface area contributed by atoms with Crippen LogP contribution in [0.1, 0.15) is 29.7 Å². The summed E-state index contributed by atoms with van der Waals surface area (Å²) in [6.07, 6.45) is 0. The first kappa shape index (κ1) is 15.5. The van der Waals surface area contributed by atoms with E-state index in [1.807, 2.05) is 32.9 Å². The number of aryl methyl sites for hydroxylation is 1. The van der Waals surface area contributed by atoms with E-state index in [4.69, 9.17) is 5.73 Å². The molecular formula is C16H20N2O2S. The van der Waals surface area contributed by atoms with Crippen LogP contribution in [0.5, 0.6) is 0 Å². The number of hydrogen-bond donors (Lipinski definition) is 2. The molecule has 1 unspecified atom stereocenters. The average molecular weight is 304 g/mol. The normalized spacial score (nSPS) is 13.0. The lowest BCUT2D eigenvalue weighted by molar-refractivity contribution is 0.601. The first-order valence-corrected chi connectivity index (χ1v) is 8.24. The van der Waals surface area contributed by atoms with Crippen LogP contribution in [0.25, 0.3) is 0 Å². The maximum Gasteiger partial charge on any atom is 0.261 e. The monoisotopic (exact) mass is 304 g/mol. The summed E-state index contributed by atoms with van der Waals surface area (Å²) in [5.74, 6) is 0. The zero-order valence-corrected chi connectivity index (χ0v) is 13.2. The van der Waals surface area contributed by atoms with E-state index in [0.717, 1.165) is 16.7 Å². The molecule has 0 fully saturated rings. The van der Waals surface area contributed by atoms with Crippen LogP contribution in [0.15, 0.2) is 47.4 Å². The van der Waals surface area contributed by atoms with Gasteiger partial charge in [0.2, 0.25) is 0 Å². The highest BCUT2D eigenvalue weighted by Crippen LogP contribution is 2.22. The molecule has 1 atom stereocenters. The number of anilines is 1. The van der Waals surface area contributed by atoms with Gasteiger partial charge >= 0.3 is 0 Å². The summed E-state index contributed by atoms with van der Waals surface area (Å²) in [5.41, 5.74) is 9.24. The Kier molecular flexibility index (Phi) is 4.34. The van der Waals surface area contributed by atoms with Crippen molar-refractivity contribution in [1.82, 2.24) is 0 Å². The van der Waals surface area contributed by atoms with Crippen molar-refractivity contribution >= 4 is 15.7 Å². The van der Waals surface area contributed by atoms with E-state index < -0.39 is 10.0 Å². The van der Waals surface area contributed by atoms with Gasteiger partial charge in [-0.1, -0.05) is 24.3 Å². The van der Waals surface area contributed by atoms with Gasteiger partial charge in [-0.2, -0.15) is 0 Å². The van der Waals surface area contributed by atoms with Crippen molar-refractivity contribution in [2.75, 3.05) is 4.72 Å². The quantitative estimate of drug-likeness (QED) is 0.911. The molecule has 3 N–H and O–H groups in total. The molecule has 0 aliphatic heterocycles. The van der Waals surface area contributed by atoms with Crippen molar-refractivity contribution in [3.8, 4) is 0 Å². The smallest absolute Gasteiger partial charge is 0.261 e. The molecule has 0 spiro atoms. The third-order valence-electron chi connectivity index (χ3n) is 3.57. The van der Waals surface area contributed by atoms with Crippen LogP contribution in [0.3, 0.4) is 0 Å². The second-order valence-electron chi connectivity index (χ2n) is 5.21. The minimum absolute atomic E-state index is 0.117. The molecule has 0 saturated carbocycles. The predicted molar refractivity (Wildman–Crippen MR) is 85.8 cm³/mol. The summed E-state index contributed by atoms with van der Waals surface area (Å²) >= 11 is 0. The summed E-state index contributed by atoms with van der Waals surface area (Å²) in [5, 5.41) is 0. The second kappa shape index (κ2) is 5.87. The second-order valence-corrected chi connectivity index (χ2v) is 6.89. The number of hydrogen-bond acceptors (Lipinski definition) is 3. The van der Waals surface area contributed by atoms with Crippen LogP contribution < -0.4 is 10.5 Å². The molecule has 2 aromatic carbocycles. The maximum absolute atomic E-state index is 12.4. The van der Waals surface area contributed by atoms with Gasteiger partial charge < -0.3 is 5.73 Å². The highest BCUT2D eigenvalue weighted by Gasteiger charge is 2.15. The zero-order valence-electron chi connectivity index (χ0n) is 12.4. The number of nitrogens with two attached hydrogens (primary N) is 1. The van der Waals surface area contributed by atoms with Gasteiger partial charge in [-0.15, -0.1) is 0 Å². The predicted octanol–water partition coefficient (Wildman–Crippen LogP) is 3.12. The van der Waals surface area contributed by atoms with E-state index in [1.54, 1.807) is 30.3 Å². The highest BCUT2D eigenvalue weighted by atomic mass is 32.2. The van der Waals surface area contributed by atoms with Crippen molar-refractivity contribution < 1.29 is 8.42 Å². The van der Waals surface area contributed by atoms with Gasteiger partial charge in [-0.05, 0) is 55.7 Å². The topological polar surface area (TPSA) is 72.2 Å². The van der Waals surface area contributed by atoms with Crippen LogP contribution in [0.4, 0.5) is 5.69 Å². The van der Waals surface area contributed by atoms with Gasteiger partial charge in [0.1, 0.15) is 0 Å². The SMILES string of the molecule is Cc1cccc(NS(=O)(=O)c2ccc(C(C)N)cc2)c1C. The Morgan fingerprint density at radius 3 is 2.24 bits per heavy atom. The molecule has 5 heteroatoms. The third-order valence-corrected chi connectivity index (χ3v) is 4.95. The largest absolute Gasteiger partial charge is 0.324 e. The summed E-state index contributed by atoms with van der Waals surface area (Å²) in [4.78, 5) is 0.229.